The van der Waals surface area contributed by atoms with Crippen LogP contribution in [-0.2, 0) is 4.79 Å². The Morgan fingerprint density at radius 2 is 1.88 bits per heavy atom. The second-order valence-corrected chi connectivity index (χ2v) is 10.4. The molecule has 178 valence electrons. The molecule has 8 heteroatoms. The number of hydrogen-bond acceptors (Lipinski definition) is 4. The fourth-order valence-electron chi connectivity index (χ4n) is 4.49. The SMILES string of the molecule is COc1ncc(C(=O)NC(C(=O)N2CCC(c3ccc(Cl)cc3)C(C)(C)C2)C(C)C)cc1Cl. The van der Waals surface area contributed by atoms with Crippen molar-refractivity contribution in [3.63, 3.8) is 0 Å². The number of aromatic nitrogens is 1. The molecule has 1 saturated heterocycles. The molecule has 3 rings (SSSR count). The molecule has 1 aliphatic heterocycles. The highest BCUT2D eigenvalue weighted by Gasteiger charge is 2.40. The number of piperidine rings is 1. The summed E-state index contributed by atoms with van der Waals surface area (Å²) in [5, 5.41) is 3.84. The Balaban J connectivity index is 1.73. The van der Waals surface area contributed by atoms with Gasteiger partial charge < -0.3 is 15.0 Å². The molecule has 0 spiro atoms. The summed E-state index contributed by atoms with van der Waals surface area (Å²) in [6.07, 6.45) is 2.24. The second kappa shape index (κ2) is 10.3. The lowest BCUT2D eigenvalue weighted by molar-refractivity contribution is -0.137. The van der Waals surface area contributed by atoms with Gasteiger partial charge in [0.05, 0.1) is 12.7 Å². The summed E-state index contributed by atoms with van der Waals surface area (Å²) < 4.78 is 5.04. The van der Waals surface area contributed by atoms with Crippen LogP contribution in [0, 0.1) is 11.3 Å². The average molecular weight is 492 g/mol. The number of rotatable bonds is 6. The van der Waals surface area contributed by atoms with E-state index in [1.807, 2.05) is 30.9 Å². The summed E-state index contributed by atoms with van der Waals surface area (Å²) in [5.74, 6) is 0.0112. The van der Waals surface area contributed by atoms with Gasteiger partial charge in [0.1, 0.15) is 11.1 Å². The molecule has 2 heterocycles. The summed E-state index contributed by atoms with van der Waals surface area (Å²) in [5.41, 5.74) is 1.39. The molecule has 1 aliphatic rings. The number of methoxy groups -OCH3 is 1. The lowest BCUT2D eigenvalue weighted by atomic mass is 9.70. The van der Waals surface area contributed by atoms with Crippen molar-refractivity contribution in [2.75, 3.05) is 20.2 Å². The van der Waals surface area contributed by atoms with Crippen LogP contribution >= 0.6 is 23.2 Å². The van der Waals surface area contributed by atoms with Gasteiger partial charge in [-0.1, -0.05) is 63.0 Å². The number of nitrogens with zero attached hydrogens (tertiary/aromatic N) is 2. The van der Waals surface area contributed by atoms with Gasteiger partial charge in [-0.15, -0.1) is 0 Å². The van der Waals surface area contributed by atoms with Crippen LogP contribution in [-0.4, -0.2) is 47.9 Å². The van der Waals surface area contributed by atoms with Gasteiger partial charge in [-0.25, -0.2) is 4.98 Å². The molecule has 1 fully saturated rings. The minimum atomic E-state index is -0.652. The highest BCUT2D eigenvalue weighted by molar-refractivity contribution is 6.32. The topological polar surface area (TPSA) is 71.5 Å². The summed E-state index contributed by atoms with van der Waals surface area (Å²) in [6.45, 7) is 9.44. The Morgan fingerprint density at radius 3 is 2.42 bits per heavy atom. The van der Waals surface area contributed by atoms with E-state index in [1.54, 1.807) is 0 Å². The Kier molecular flexibility index (Phi) is 7.91. The number of likely N-dealkylation sites (tertiary alicyclic amines) is 1. The standard InChI is InChI=1S/C25H31Cl2N3O3/c1-15(2)21(29-22(31)17-12-20(27)23(33-5)28-13-17)24(32)30-11-10-19(25(3,4)14-30)16-6-8-18(26)9-7-16/h6-9,12-13,15,19,21H,10-11,14H2,1-5H3,(H,29,31). The predicted octanol–water partition coefficient (Wildman–Crippen LogP) is 5.19. The molecule has 2 amide bonds. The van der Waals surface area contributed by atoms with Gasteiger partial charge in [0.2, 0.25) is 11.8 Å². The summed E-state index contributed by atoms with van der Waals surface area (Å²) >= 11 is 12.2. The Hall–Kier alpha value is -2.31. The molecule has 1 N–H and O–H groups in total. The van der Waals surface area contributed by atoms with Gasteiger partial charge in [-0.2, -0.15) is 0 Å². The van der Waals surface area contributed by atoms with E-state index in [0.29, 0.717) is 24.0 Å². The third-order valence-corrected chi connectivity index (χ3v) is 6.82. The maximum atomic E-state index is 13.5. The van der Waals surface area contributed by atoms with Crippen molar-refractivity contribution in [1.82, 2.24) is 15.2 Å². The maximum Gasteiger partial charge on any atom is 0.253 e. The van der Waals surface area contributed by atoms with Crippen LogP contribution in [0.3, 0.4) is 0 Å². The number of carbonyl (C=O) groups is 2. The molecule has 6 nitrogen and oxygen atoms in total. The fourth-order valence-corrected chi connectivity index (χ4v) is 4.86. The number of nitrogens with one attached hydrogen (secondary N) is 1. The zero-order chi connectivity index (χ0) is 24.3. The van der Waals surface area contributed by atoms with Crippen LogP contribution in [0.4, 0.5) is 0 Å². The van der Waals surface area contributed by atoms with Crippen LogP contribution in [0.15, 0.2) is 36.5 Å². The molecule has 1 aromatic heterocycles. The fraction of sp³-hybridized carbons (Fsp3) is 0.480. The molecule has 2 aromatic rings. The Labute approximate surface area is 205 Å². The number of amides is 2. The van der Waals surface area contributed by atoms with E-state index in [9.17, 15) is 9.59 Å². The molecular weight excluding hydrogens is 461 g/mol. The van der Waals surface area contributed by atoms with Gasteiger partial charge in [-0.3, -0.25) is 9.59 Å². The molecule has 2 unspecified atom stereocenters. The van der Waals surface area contributed by atoms with Gasteiger partial charge in [0.25, 0.3) is 5.91 Å². The van der Waals surface area contributed by atoms with Gasteiger partial charge >= 0.3 is 0 Å². The quantitative estimate of drug-likeness (QED) is 0.602. The normalized spacial score (nSPS) is 18.7. The van der Waals surface area contributed by atoms with Crippen LogP contribution in [0.2, 0.25) is 10.0 Å². The van der Waals surface area contributed by atoms with Gasteiger partial charge in [-0.05, 0) is 47.4 Å². The van der Waals surface area contributed by atoms with Crippen molar-refractivity contribution in [3.8, 4) is 5.88 Å². The third kappa shape index (κ3) is 5.79. The molecule has 1 aromatic carbocycles. The third-order valence-electron chi connectivity index (χ3n) is 6.30. The molecule has 0 radical (unpaired) electrons. The first-order valence-electron chi connectivity index (χ1n) is 11.1. The molecular formula is C25H31Cl2N3O3. The van der Waals surface area contributed by atoms with E-state index in [2.05, 4.69) is 36.3 Å². The predicted molar refractivity (Wildman–Crippen MR) is 131 cm³/mol. The van der Waals surface area contributed by atoms with Crippen molar-refractivity contribution >= 4 is 35.0 Å². The van der Waals surface area contributed by atoms with Crippen molar-refractivity contribution in [2.45, 2.75) is 46.1 Å². The number of carbonyl (C=O) groups excluding carboxylic acids is 2. The van der Waals surface area contributed by atoms with E-state index in [0.717, 1.165) is 6.42 Å². The lowest BCUT2D eigenvalue weighted by Crippen LogP contribution is -2.55. The number of benzene rings is 1. The molecule has 0 bridgehead atoms. The van der Waals surface area contributed by atoms with Crippen LogP contribution in [0.5, 0.6) is 5.88 Å². The first-order valence-corrected chi connectivity index (χ1v) is 11.8. The smallest absolute Gasteiger partial charge is 0.253 e. The molecule has 0 aliphatic carbocycles. The summed E-state index contributed by atoms with van der Waals surface area (Å²) in [7, 11) is 1.46. The van der Waals surface area contributed by atoms with Crippen molar-refractivity contribution in [1.29, 1.82) is 0 Å². The van der Waals surface area contributed by atoms with E-state index in [4.69, 9.17) is 27.9 Å². The van der Waals surface area contributed by atoms with Crippen molar-refractivity contribution < 1.29 is 14.3 Å². The van der Waals surface area contributed by atoms with E-state index >= 15 is 0 Å². The van der Waals surface area contributed by atoms with Crippen LogP contribution < -0.4 is 10.1 Å². The van der Waals surface area contributed by atoms with E-state index < -0.39 is 11.9 Å². The van der Waals surface area contributed by atoms with E-state index in [1.165, 1.54) is 24.9 Å². The number of halogens is 2. The van der Waals surface area contributed by atoms with Gasteiger partial charge in [0, 0.05) is 24.3 Å². The minimum absolute atomic E-state index is 0.0754. The summed E-state index contributed by atoms with van der Waals surface area (Å²) in [6, 6.07) is 8.80. The highest BCUT2D eigenvalue weighted by Crippen LogP contribution is 2.42. The molecule has 0 saturated carbocycles. The molecule has 33 heavy (non-hydrogen) atoms. The van der Waals surface area contributed by atoms with Crippen molar-refractivity contribution in [3.05, 3.63) is 57.7 Å². The Bertz CT molecular complexity index is 1010. The van der Waals surface area contributed by atoms with Crippen molar-refractivity contribution in [2.24, 2.45) is 11.3 Å². The zero-order valence-corrected chi connectivity index (χ0v) is 21.2. The average Bonchev–Trinajstić information content (AvgIpc) is 2.76. The number of hydrogen-bond donors (Lipinski definition) is 1. The highest BCUT2D eigenvalue weighted by atomic mass is 35.5. The van der Waals surface area contributed by atoms with Gasteiger partial charge in [0.15, 0.2) is 0 Å². The van der Waals surface area contributed by atoms with Crippen LogP contribution in [0.25, 0.3) is 0 Å². The zero-order valence-electron chi connectivity index (χ0n) is 19.7. The second-order valence-electron chi connectivity index (χ2n) is 9.55. The summed E-state index contributed by atoms with van der Waals surface area (Å²) in [4.78, 5) is 32.3. The minimum Gasteiger partial charge on any atom is -0.480 e. The van der Waals surface area contributed by atoms with E-state index in [-0.39, 0.29) is 33.7 Å². The largest absolute Gasteiger partial charge is 0.480 e. The monoisotopic (exact) mass is 491 g/mol. The Morgan fingerprint density at radius 1 is 1.21 bits per heavy atom. The number of pyridine rings is 1. The first kappa shape index (κ1) is 25.3. The number of ether oxygens (including phenoxy) is 1. The first-order chi connectivity index (χ1) is 15.5. The maximum absolute atomic E-state index is 13.5. The molecule has 2 atom stereocenters. The lowest BCUT2D eigenvalue weighted by Gasteiger charge is -2.45. The van der Waals surface area contributed by atoms with Crippen LogP contribution in [0.1, 0.15) is 56.0 Å².